The molecule has 1 rings (SSSR count). The van der Waals surface area contributed by atoms with Crippen LogP contribution in [0.15, 0.2) is 31.1 Å². The second kappa shape index (κ2) is 4.94. The van der Waals surface area contributed by atoms with Gasteiger partial charge in [-0.05, 0) is 12.5 Å². The highest BCUT2D eigenvalue weighted by Crippen LogP contribution is 2.14. The lowest BCUT2D eigenvalue weighted by atomic mass is 10.3. The van der Waals surface area contributed by atoms with E-state index in [2.05, 4.69) is 11.6 Å². The van der Waals surface area contributed by atoms with E-state index in [4.69, 9.17) is 10.00 Å². The molecule has 3 heteroatoms. The molecule has 0 fully saturated rings. The molecule has 0 atom stereocenters. The molecule has 1 aromatic heterocycles. The molecule has 0 aromatic carbocycles. The first-order valence-corrected chi connectivity index (χ1v) is 3.96. The predicted molar refractivity (Wildman–Crippen MR) is 49.3 cm³/mol. The summed E-state index contributed by atoms with van der Waals surface area (Å²) in [5, 5.41) is 8.70. The van der Waals surface area contributed by atoms with Crippen molar-refractivity contribution >= 4 is 0 Å². The van der Waals surface area contributed by atoms with Crippen molar-refractivity contribution in [3.63, 3.8) is 0 Å². The van der Waals surface area contributed by atoms with E-state index in [1.807, 2.05) is 6.07 Å². The standard InChI is InChI=1S/C10H10N2O/c1-2-3-6-13-10-8-12-5-4-9(10)7-11/h2,4-5,8H,1,3,6H2. The third kappa shape index (κ3) is 2.60. The van der Waals surface area contributed by atoms with Crippen LogP contribution in [-0.4, -0.2) is 11.6 Å². The van der Waals surface area contributed by atoms with Crippen LogP contribution in [0.3, 0.4) is 0 Å². The Morgan fingerprint density at radius 3 is 3.23 bits per heavy atom. The Hall–Kier alpha value is -1.82. The topological polar surface area (TPSA) is 45.9 Å². The van der Waals surface area contributed by atoms with Gasteiger partial charge in [-0.2, -0.15) is 5.26 Å². The summed E-state index contributed by atoms with van der Waals surface area (Å²) < 4.78 is 5.31. The minimum atomic E-state index is 0.513. The second-order valence-electron chi connectivity index (χ2n) is 2.41. The largest absolute Gasteiger partial charge is 0.490 e. The number of pyridine rings is 1. The van der Waals surface area contributed by atoms with Crippen LogP contribution in [0, 0.1) is 11.3 Å². The Morgan fingerprint density at radius 1 is 1.69 bits per heavy atom. The molecule has 1 aromatic rings. The van der Waals surface area contributed by atoms with Gasteiger partial charge in [0.15, 0.2) is 5.75 Å². The maximum absolute atomic E-state index is 8.70. The quantitative estimate of drug-likeness (QED) is 0.517. The van der Waals surface area contributed by atoms with Gasteiger partial charge in [-0.3, -0.25) is 4.98 Å². The van der Waals surface area contributed by atoms with Crippen molar-refractivity contribution in [3.05, 3.63) is 36.7 Å². The molecule has 0 aliphatic rings. The number of hydrogen-bond acceptors (Lipinski definition) is 3. The molecule has 1 heterocycles. The van der Waals surface area contributed by atoms with Gasteiger partial charge in [-0.1, -0.05) is 6.08 Å². The molecule has 0 spiro atoms. The molecule has 0 aliphatic carbocycles. The normalized spacial score (nSPS) is 8.85. The Morgan fingerprint density at radius 2 is 2.54 bits per heavy atom. The minimum absolute atomic E-state index is 0.513. The van der Waals surface area contributed by atoms with E-state index >= 15 is 0 Å². The Balaban J connectivity index is 2.65. The van der Waals surface area contributed by atoms with Gasteiger partial charge in [0.2, 0.25) is 0 Å². The Kier molecular flexibility index (Phi) is 3.52. The summed E-state index contributed by atoms with van der Waals surface area (Å²) >= 11 is 0. The second-order valence-corrected chi connectivity index (χ2v) is 2.41. The molecule has 3 nitrogen and oxygen atoms in total. The van der Waals surface area contributed by atoms with E-state index in [9.17, 15) is 0 Å². The summed E-state index contributed by atoms with van der Waals surface area (Å²) in [6.07, 6.45) is 5.64. The maximum Gasteiger partial charge on any atom is 0.155 e. The molecule has 0 bridgehead atoms. The van der Waals surface area contributed by atoms with Gasteiger partial charge in [-0.25, -0.2) is 0 Å². The fraction of sp³-hybridized carbons (Fsp3) is 0.200. The van der Waals surface area contributed by atoms with Crippen molar-refractivity contribution in [1.82, 2.24) is 4.98 Å². The van der Waals surface area contributed by atoms with E-state index < -0.39 is 0 Å². The summed E-state index contributed by atoms with van der Waals surface area (Å²) in [4.78, 5) is 3.87. The van der Waals surface area contributed by atoms with Crippen LogP contribution in [-0.2, 0) is 0 Å². The van der Waals surface area contributed by atoms with Crippen molar-refractivity contribution in [2.45, 2.75) is 6.42 Å². The molecule has 66 valence electrons. The highest BCUT2D eigenvalue weighted by atomic mass is 16.5. The molecular weight excluding hydrogens is 164 g/mol. The molecule has 0 unspecified atom stereocenters. The molecule has 0 aliphatic heterocycles. The van der Waals surface area contributed by atoms with Crippen LogP contribution >= 0.6 is 0 Å². The lowest BCUT2D eigenvalue weighted by Crippen LogP contribution is -1.97. The third-order valence-corrected chi connectivity index (χ3v) is 1.48. The van der Waals surface area contributed by atoms with Crippen molar-refractivity contribution < 1.29 is 4.74 Å². The third-order valence-electron chi connectivity index (χ3n) is 1.48. The monoisotopic (exact) mass is 174 g/mol. The lowest BCUT2D eigenvalue weighted by Gasteiger charge is -2.04. The van der Waals surface area contributed by atoms with Gasteiger partial charge in [0, 0.05) is 6.20 Å². The average molecular weight is 174 g/mol. The van der Waals surface area contributed by atoms with Gasteiger partial charge in [0.25, 0.3) is 0 Å². The smallest absolute Gasteiger partial charge is 0.155 e. The molecule has 0 radical (unpaired) electrons. The zero-order valence-corrected chi connectivity index (χ0v) is 7.23. The summed E-state index contributed by atoms with van der Waals surface area (Å²) in [5.41, 5.74) is 0.513. The van der Waals surface area contributed by atoms with E-state index in [0.717, 1.165) is 6.42 Å². The number of ether oxygens (including phenoxy) is 1. The summed E-state index contributed by atoms with van der Waals surface area (Å²) in [7, 11) is 0. The van der Waals surface area contributed by atoms with Crippen molar-refractivity contribution in [2.75, 3.05) is 6.61 Å². The van der Waals surface area contributed by atoms with E-state index in [-0.39, 0.29) is 0 Å². The number of aromatic nitrogens is 1. The van der Waals surface area contributed by atoms with Gasteiger partial charge in [-0.15, -0.1) is 6.58 Å². The van der Waals surface area contributed by atoms with Gasteiger partial charge in [0.1, 0.15) is 6.07 Å². The van der Waals surface area contributed by atoms with Gasteiger partial charge in [0.05, 0.1) is 18.4 Å². The van der Waals surface area contributed by atoms with Gasteiger partial charge < -0.3 is 4.74 Å². The van der Waals surface area contributed by atoms with Crippen LogP contribution in [0.5, 0.6) is 5.75 Å². The summed E-state index contributed by atoms with van der Waals surface area (Å²) in [5.74, 6) is 0.534. The van der Waals surface area contributed by atoms with Gasteiger partial charge >= 0.3 is 0 Å². The van der Waals surface area contributed by atoms with Crippen LogP contribution in [0.1, 0.15) is 12.0 Å². The van der Waals surface area contributed by atoms with Crippen molar-refractivity contribution in [1.29, 1.82) is 5.26 Å². The summed E-state index contributed by atoms with van der Waals surface area (Å²) in [6, 6.07) is 3.66. The maximum atomic E-state index is 8.70. The highest BCUT2D eigenvalue weighted by molar-refractivity contribution is 5.40. The predicted octanol–water partition coefficient (Wildman–Crippen LogP) is 1.91. The van der Waals surface area contributed by atoms with E-state index in [1.165, 1.54) is 0 Å². The molecule has 0 saturated heterocycles. The fourth-order valence-electron chi connectivity index (χ4n) is 0.840. The number of nitriles is 1. The van der Waals surface area contributed by atoms with Crippen LogP contribution in [0.4, 0.5) is 0 Å². The molecule has 13 heavy (non-hydrogen) atoms. The Labute approximate surface area is 77.3 Å². The number of hydrogen-bond donors (Lipinski definition) is 0. The summed E-state index contributed by atoms with van der Waals surface area (Å²) in [6.45, 7) is 4.11. The highest BCUT2D eigenvalue weighted by Gasteiger charge is 2.00. The molecular formula is C10H10N2O. The number of rotatable bonds is 4. The molecule has 0 N–H and O–H groups in total. The minimum Gasteiger partial charge on any atom is -0.490 e. The van der Waals surface area contributed by atoms with Crippen LogP contribution in [0.2, 0.25) is 0 Å². The number of nitrogens with zero attached hydrogens (tertiary/aromatic N) is 2. The van der Waals surface area contributed by atoms with E-state index in [0.29, 0.717) is 17.9 Å². The van der Waals surface area contributed by atoms with Crippen molar-refractivity contribution in [2.24, 2.45) is 0 Å². The first-order chi connectivity index (χ1) is 6.38. The zero-order chi connectivity index (χ0) is 9.52. The van der Waals surface area contributed by atoms with Crippen molar-refractivity contribution in [3.8, 4) is 11.8 Å². The SMILES string of the molecule is C=CCCOc1cnccc1C#N. The molecule has 0 saturated carbocycles. The first-order valence-electron chi connectivity index (χ1n) is 3.96. The average Bonchev–Trinajstić information content (AvgIpc) is 2.19. The van der Waals surface area contributed by atoms with E-state index in [1.54, 1.807) is 24.5 Å². The lowest BCUT2D eigenvalue weighted by molar-refractivity contribution is 0.323. The Bertz CT molecular complexity index is 328. The fourth-order valence-corrected chi connectivity index (χ4v) is 0.840. The van der Waals surface area contributed by atoms with Crippen LogP contribution < -0.4 is 4.74 Å². The molecule has 0 amide bonds. The first kappa shape index (κ1) is 9.27. The zero-order valence-electron chi connectivity index (χ0n) is 7.23. The van der Waals surface area contributed by atoms with Crippen LogP contribution in [0.25, 0.3) is 0 Å².